The van der Waals surface area contributed by atoms with Crippen LogP contribution in [0.1, 0.15) is 22.8 Å². The highest BCUT2D eigenvalue weighted by Crippen LogP contribution is 2.26. The predicted octanol–water partition coefficient (Wildman–Crippen LogP) is 4.80. The number of amides is 2. The number of para-hydroxylation sites is 1. The van der Waals surface area contributed by atoms with Crippen LogP contribution in [0.2, 0.25) is 0 Å². The molecule has 0 bridgehead atoms. The van der Waals surface area contributed by atoms with Crippen LogP contribution in [0.15, 0.2) is 78.9 Å². The molecule has 0 saturated heterocycles. The average molecular weight is 425 g/mol. The molecule has 3 aromatic carbocycles. The van der Waals surface area contributed by atoms with E-state index in [9.17, 15) is 9.59 Å². The lowest BCUT2D eigenvalue weighted by Crippen LogP contribution is -2.23. The lowest BCUT2D eigenvalue weighted by molar-refractivity contribution is -0.114. The Hall–Kier alpha value is -4.19. The molecule has 0 saturated carbocycles. The number of methoxy groups -OCH3 is 1. The summed E-state index contributed by atoms with van der Waals surface area (Å²) in [7, 11) is 1.62. The van der Waals surface area contributed by atoms with Gasteiger partial charge < -0.3 is 15.4 Å². The Bertz CT molecular complexity index is 1270. The zero-order chi connectivity index (χ0) is 22.5. The van der Waals surface area contributed by atoms with Gasteiger partial charge in [0.15, 0.2) is 0 Å². The maximum Gasteiger partial charge on any atom is 0.252 e. The smallest absolute Gasteiger partial charge is 0.252 e. The molecule has 0 atom stereocenters. The molecule has 2 N–H and O–H groups in total. The van der Waals surface area contributed by atoms with E-state index < -0.39 is 0 Å². The molecule has 2 amide bonds. The molecule has 6 nitrogen and oxygen atoms in total. The van der Waals surface area contributed by atoms with Gasteiger partial charge in [-0.05, 0) is 42.0 Å². The summed E-state index contributed by atoms with van der Waals surface area (Å²) in [6.45, 7) is 1.87. The van der Waals surface area contributed by atoms with Crippen molar-refractivity contribution in [1.29, 1.82) is 0 Å². The SMILES string of the molecule is COc1ccc(CNC(=O)c2cc(-c3ccc(NC(C)=O)cc3)nc3ccccc23)cc1. The van der Waals surface area contributed by atoms with Crippen LogP contribution >= 0.6 is 0 Å². The molecule has 0 radical (unpaired) electrons. The predicted molar refractivity (Wildman–Crippen MR) is 126 cm³/mol. The molecule has 0 aliphatic heterocycles. The van der Waals surface area contributed by atoms with Crippen LogP contribution in [-0.4, -0.2) is 23.9 Å². The van der Waals surface area contributed by atoms with Gasteiger partial charge in [0.2, 0.25) is 5.91 Å². The molecule has 0 fully saturated rings. The van der Waals surface area contributed by atoms with Gasteiger partial charge in [-0.3, -0.25) is 9.59 Å². The summed E-state index contributed by atoms with van der Waals surface area (Å²) in [4.78, 5) is 29.1. The van der Waals surface area contributed by atoms with E-state index in [-0.39, 0.29) is 11.8 Å². The van der Waals surface area contributed by atoms with Crippen molar-refractivity contribution in [2.45, 2.75) is 13.5 Å². The van der Waals surface area contributed by atoms with E-state index in [0.29, 0.717) is 23.5 Å². The Morgan fingerprint density at radius 1 is 0.938 bits per heavy atom. The summed E-state index contributed by atoms with van der Waals surface area (Å²) in [6.07, 6.45) is 0. The average Bonchev–Trinajstić information content (AvgIpc) is 2.82. The zero-order valence-electron chi connectivity index (χ0n) is 17.9. The first-order chi connectivity index (χ1) is 15.5. The number of ether oxygens (including phenoxy) is 1. The Balaban J connectivity index is 1.62. The molecule has 4 aromatic rings. The molecular weight excluding hydrogens is 402 g/mol. The van der Waals surface area contributed by atoms with Crippen LogP contribution in [0.25, 0.3) is 22.2 Å². The molecule has 4 rings (SSSR count). The Labute approximate surface area is 186 Å². The second-order valence-electron chi connectivity index (χ2n) is 7.36. The highest BCUT2D eigenvalue weighted by molar-refractivity contribution is 6.07. The van der Waals surface area contributed by atoms with Gasteiger partial charge in [-0.15, -0.1) is 0 Å². The van der Waals surface area contributed by atoms with Crippen molar-refractivity contribution in [2.75, 3.05) is 12.4 Å². The van der Waals surface area contributed by atoms with E-state index in [1.807, 2.05) is 72.8 Å². The van der Waals surface area contributed by atoms with E-state index in [1.54, 1.807) is 13.2 Å². The normalized spacial score (nSPS) is 10.6. The third-order valence-corrected chi connectivity index (χ3v) is 5.07. The fourth-order valence-corrected chi connectivity index (χ4v) is 3.46. The van der Waals surface area contributed by atoms with Crippen molar-refractivity contribution in [2.24, 2.45) is 0 Å². The minimum absolute atomic E-state index is 0.127. The lowest BCUT2D eigenvalue weighted by atomic mass is 10.0. The molecule has 0 unspecified atom stereocenters. The number of carbonyl (C=O) groups excluding carboxylic acids is 2. The van der Waals surface area contributed by atoms with Crippen molar-refractivity contribution >= 4 is 28.4 Å². The minimum Gasteiger partial charge on any atom is -0.497 e. The molecule has 32 heavy (non-hydrogen) atoms. The third kappa shape index (κ3) is 4.75. The van der Waals surface area contributed by atoms with Gasteiger partial charge in [0, 0.05) is 30.1 Å². The summed E-state index contributed by atoms with van der Waals surface area (Å²) in [5, 5.41) is 6.54. The van der Waals surface area contributed by atoms with E-state index in [0.717, 1.165) is 27.8 Å². The highest BCUT2D eigenvalue weighted by atomic mass is 16.5. The summed E-state index contributed by atoms with van der Waals surface area (Å²) in [5.74, 6) is 0.474. The fraction of sp³-hybridized carbons (Fsp3) is 0.115. The lowest BCUT2D eigenvalue weighted by Gasteiger charge is -2.11. The Morgan fingerprint density at radius 2 is 1.66 bits per heavy atom. The highest BCUT2D eigenvalue weighted by Gasteiger charge is 2.14. The summed E-state index contributed by atoms with van der Waals surface area (Å²) < 4.78 is 5.18. The molecule has 160 valence electrons. The number of pyridine rings is 1. The number of anilines is 1. The summed E-state index contributed by atoms with van der Waals surface area (Å²) in [6, 6.07) is 24.4. The first kappa shape index (κ1) is 21.1. The third-order valence-electron chi connectivity index (χ3n) is 5.07. The maximum atomic E-state index is 13.1. The zero-order valence-corrected chi connectivity index (χ0v) is 17.9. The molecule has 6 heteroatoms. The van der Waals surface area contributed by atoms with Crippen LogP contribution in [0.5, 0.6) is 5.75 Å². The van der Waals surface area contributed by atoms with Crippen molar-refractivity contribution in [3.63, 3.8) is 0 Å². The van der Waals surface area contributed by atoms with Gasteiger partial charge in [0.1, 0.15) is 5.75 Å². The fourth-order valence-electron chi connectivity index (χ4n) is 3.46. The molecule has 0 spiro atoms. The van der Waals surface area contributed by atoms with Gasteiger partial charge in [0.25, 0.3) is 5.91 Å². The number of aromatic nitrogens is 1. The van der Waals surface area contributed by atoms with Gasteiger partial charge in [-0.25, -0.2) is 4.98 Å². The Morgan fingerprint density at radius 3 is 2.34 bits per heavy atom. The van der Waals surface area contributed by atoms with Crippen molar-refractivity contribution < 1.29 is 14.3 Å². The van der Waals surface area contributed by atoms with Crippen LogP contribution < -0.4 is 15.4 Å². The topological polar surface area (TPSA) is 80.3 Å². The van der Waals surface area contributed by atoms with Crippen LogP contribution in [0.3, 0.4) is 0 Å². The number of fused-ring (bicyclic) bond motifs is 1. The number of nitrogens with one attached hydrogen (secondary N) is 2. The molecule has 1 aromatic heterocycles. The molecule has 1 heterocycles. The largest absolute Gasteiger partial charge is 0.497 e. The molecule has 0 aliphatic carbocycles. The van der Waals surface area contributed by atoms with Gasteiger partial charge >= 0.3 is 0 Å². The second-order valence-corrected chi connectivity index (χ2v) is 7.36. The van der Waals surface area contributed by atoms with Crippen LogP contribution in [-0.2, 0) is 11.3 Å². The van der Waals surface area contributed by atoms with Gasteiger partial charge in [-0.2, -0.15) is 0 Å². The molecule has 0 aliphatic rings. The monoisotopic (exact) mass is 425 g/mol. The first-order valence-corrected chi connectivity index (χ1v) is 10.2. The quantitative estimate of drug-likeness (QED) is 0.465. The maximum absolute atomic E-state index is 13.1. The van der Waals surface area contributed by atoms with Crippen molar-refractivity contribution in [3.8, 4) is 17.0 Å². The number of rotatable bonds is 6. The number of nitrogens with zero attached hydrogens (tertiary/aromatic N) is 1. The van der Waals surface area contributed by atoms with Crippen molar-refractivity contribution in [1.82, 2.24) is 10.3 Å². The van der Waals surface area contributed by atoms with E-state index >= 15 is 0 Å². The number of hydrogen-bond donors (Lipinski definition) is 2. The van der Waals surface area contributed by atoms with Crippen LogP contribution in [0, 0.1) is 0 Å². The Kier molecular flexibility index (Phi) is 6.12. The molecular formula is C26H23N3O3. The number of benzene rings is 3. The second kappa shape index (κ2) is 9.31. The van der Waals surface area contributed by atoms with E-state index in [4.69, 9.17) is 9.72 Å². The number of carbonyl (C=O) groups is 2. The number of hydrogen-bond acceptors (Lipinski definition) is 4. The van der Waals surface area contributed by atoms with Crippen LogP contribution in [0.4, 0.5) is 5.69 Å². The summed E-state index contributed by atoms with van der Waals surface area (Å²) >= 11 is 0. The van der Waals surface area contributed by atoms with E-state index in [1.165, 1.54) is 6.92 Å². The van der Waals surface area contributed by atoms with E-state index in [2.05, 4.69) is 10.6 Å². The standard InChI is InChI=1S/C26H23N3O3/c1-17(30)28-20-11-9-19(10-12-20)25-15-23(22-5-3-4-6-24(22)29-25)26(31)27-16-18-7-13-21(32-2)14-8-18/h3-15H,16H2,1-2H3,(H,27,31)(H,28,30). The first-order valence-electron chi connectivity index (χ1n) is 10.2. The van der Waals surface area contributed by atoms with Gasteiger partial charge in [0.05, 0.1) is 23.9 Å². The van der Waals surface area contributed by atoms with Gasteiger partial charge in [-0.1, -0.05) is 42.5 Å². The summed E-state index contributed by atoms with van der Waals surface area (Å²) in [5.41, 5.74) is 4.53. The van der Waals surface area contributed by atoms with Crippen molar-refractivity contribution in [3.05, 3.63) is 90.0 Å². The minimum atomic E-state index is -0.171.